The van der Waals surface area contributed by atoms with E-state index in [-0.39, 0.29) is 17.3 Å². The molecule has 172 valence electrons. The zero-order chi connectivity index (χ0) is 23.4. The molecule has 0 atom stereocenters. The van der Waals surface area contributed by atoms with E-state index >= 15 is 0 Å². The maximum atomic E-state index is 13.8. The van der Waals surface area contributed by atoms with Gasteiger partial charge < -0.3 is 9.64 Å². The lowest BCUT2D eigenvalue weighted by Gasteiger charge is -2.28. The number of hydrogen-bond acceptors (Lipinski definition) is 5. The van der Waals surface area contributed by atoms with Crippen LogP contribution >= 0.6 is 11.8 Å². The molecule has 0 saturated carbocycles. The highest BCUT2D eigenvalue weighted by molar-refractivity contribution is 7.98. The monoisotopic (exact) mass is 482 g/mol. The van der Waals surface area contributed by atoms with Crippen molar-refractivity contribution in [2.45, 2.75) is 23.1 Å². The molecule has 3 aromatic rings. The first-order valence-electron chi connectivity index (χ1n) is 10.7. The topological polar surface area (TPSA) is 66.9 Å². The Bertz CT molecular complexity index is 1240. The summed E-state index contributed by atoms with van der Waals surface area (Å²) in [5.74, 6) is 0.134. The lowest BCUT2D eigenvalue weighted by atomic mass is 10.2. The van der Waals surface area contributed by atoms with E-state index in [4.69, 9.17) is 4.74 Å². The molecule has 0 bridgehead atoms. The largest absolute Gasteiger partial charge is 0.492 e. The van der Waals surface area contributed by atoms with Crippen molar-refractivity contribution in [1.29, 1.82) is 0 Å². The number of amides is 1. The van der Waals surface area contributed by atoms with Crippen LogP contribution in [0.25, 0.3) is 0 Å². The second kappa shape index (κ2) is 9.89. The number of fused-ring (bicyclic) bond motifs is 1. The zero-order valence-electron chi connectivity index (χ0n) is 18.6. The van der Waals surface area contributed by atoms with Crippen LogP contribution in [-0.4, -0.2) is 40.3 Å². The predicted octanol–water partition coefficient (Wildman–Crippen LogP) is 4.59. The van der Waals surface area contributed by atoms with Gasteiger partial charge in [-0.15, -0.1) is 11.8 Å². The first-order chi connectivity index (χ1) is 16.0. The Morgan fingerprint density at radius 3 is 2.45 bits per heavy atom. The fraction of sp³-hybridized carbons (Fsp3) is 0.240. The quantitative estimate of drug-likeness (QED) is 0.439. The number of carbonyl (C=O) groups excluding carboxylic acids is 1. The van der Waals surface area contributed by atoms with Gasteiger partial charge in [0.05, 0.1) is 17.2 Å². The van der Waals surface area contributed by atoms with E-state index in [0.717, 1.165) is 26.9 Å². The molecule has 0 aromatic heterocycles. The molecule has 1 aliphatic heterocycles. The first kappa shape index (κ1) is 23.2. The summed E-state index contributed by atoms with van der Waals surface area (Å²) in [4.78, 5) is 16.2. The molecule has 0 saturated heterocycles. The normalized spacial score (nSPS) is 13.0. The van der Waals surface area contributed by atoms with Gasteiger partial charge in [0, 0.05) is 17.1 Å². The van der Waals surface area contributed by atoms with Gasteiger partial charge >= 0.3 is 0 Å². The van der Waals surface area contributed by atoms with E-state index in [9.17, 15) is 13.2 Å². The summed E-state index contributed by atoms with van der Waals surface area (Å²) in [6.45, 7) is 2.41. The molecule has 0 fully saturated rings. The summed E-state index contributed by atoms with van der Waals surface area (Å²) in [6, 6.07) is 21.3. The van der Waals surface area contributed by atoms with Gasteiger partial charge in [0.25, 0.3) is 10.0 Å². The molecule has 8 heteroatoms. The maximum Gasteiger partial charge on any atom is 0.264 e. The van der Waals surface area contributed by atoms with Crippen LogP contribution in [0, 0.1) is 0 Å². The Hall–Kier alpha value is -2.97. The number of hydrogen-bond donors (Lipinski definition) is 0. The van der Waals surface area contributed by atoms with E-state index in [1.165, 1.54) is 11.8 Å². The van der Waals surface area contributed by atoms with Gasteiger partial charge in [0.1, 0.15) is 12.3 Å². The molecule has 1 heterocycles. The SMILES string of the molecule is CCOc1ccccc1N(CC(=O)N1CCc2ccccc21)S(=O)(=O)c1ccc(SC)cc1. The van der Waals surface area contributed by atoms with Gasteiger partial charge in [-0.2, -0.15) is 0 Å². The third-order valence-electron chi connectivity index (χ3n) is 5.55. The van der Waals surface area contributed by atoms with Gasteiger partial charge in [-0.05, 0) is 67.6 Å². The fourth-order valence-electron chi connectivity index (χ4n) is 3.92. The number of sulfonamides is 1. The molecule has 6 nitrogen and oxygen atoms in total. The maximum absolute atomic E-state index is 13.8. The molecule has 3 aromatic carbocycles. The van der Waals surface area contributed by atoms with Gasteiger partial charge in [-0.3, -0.25) is 9.10 Å². The third-order valence-corrected chi connectivity index (χ3v) is 8.07. The van der Waals surface area contributed by atoms with Crippen molar-refractivity contribution in [2.24, 2.45) is 0 Å². The van der Waals surface area contributed by atoms with Crippen molar-refractivity contribution < 1.29 is 17.9 Å². The number of ether oxygens (including phenoxy) is 1. The van der Waals surface area contributed by atoms with Crippen molar-refractivity contribution in [3.63, 3.8) is 0 Å². The van der Waals surface area contributed by atoms with Crippen molar-refractivity contribution in [2.75, 3.05) is 35.2 Å². The summed E-state index contributed by atoms with van der Waals surface area (Å²) in [5, 5.41) is 0. The van der Waals surface area contributed by atoms with E-state index in [1.807, 2.05) is 37.4 Å². The highest BCUT2D eigenvalue weighted by Crippen LogP contribution is 2.34. The predicted molar refractivity (Wildman–Crippen MR) is 133 cm³/mol. The van der Waals surface area contributed by atoms with E-state index in [0.29, 0.717) is 24.6 Å². The van der Waals surface area contributed by atoms with Crippen molar-refractivity contribution in [3.8, 4) is 5.75 Å². The van der Waals surface area contributed by atoms with Crippen LogP contribution in [-0.2, 0) is 21.2 Å². The second-order valence-corrected chi connectivity index (χ2v) is 10.3. The summed E-state index contributed by atoms with van der Waals surface area (Å²) in [7, 11) is -4.03. The number of carbonyl (C=O) groups is 1. The van der Waals surface area contributed by atoms with E-state index in [1.54, 1.807) is 53.4 Å². The van der Waals surface area contributed by atoms with Gasteiger partial charge in [-0.1, -0.05) is 30.3 Å². The summed E-state index contributed by atoms with van der Waals surface area (Å²) in [6.07, 6.45) is 2.68. The van der Waals surface area contributed by atoms with Crippen LogP contribution in [0.2, 0.25) is 0 Å². The lowest BCUT2D eigenvalue weighted by molar-refractivity contribution is -0.117. The number of rotatable bonds is 8. The number of anilines is 2. The molecule has 0 aliphatic carbocycles. The Morgan fingerprint density at radius 2 is 1.73 bits per heavy atom. The van der Waals surface area contributed by atoms with Gasteiger partial charge in [0.15, 0.2) is 0 Å². The van der Waals surface area contributed by atoms with Gasteiger partial charge in [-0.25, -0.2) is 8.42 Å². The molecule has 0 spiro atoms. The van der Waals surface area contributed by atoms with Crippen LogP contribution in [0.1, 0.15) is 12.5 Å². The lowest BCUT2D eigenvalue weighted by Crippen LogP contribution is -2.42. The molecule has 0 unspecified atom stereocenters. The van der Waals surface area contributed by atoms with Crippen molar-refractivity contribution in [3.05, 3.63) is 78.4 Å². The van der Waals surface area contributed by atoms with E-state index < -0.39 is 10.0 Å². The molecule has 1 aliphatic rings. The molecule has 0 radical (unpaired) electrons. The smallest absolute Gasteiger partial charge is 0.264 e. The average molecular weight is 483 g/mol. The first-order valence-corrected chi connectivity index (χ1v) is 13.4. The molecular weight excluding hydrogens is 456 g/mol. The molecular formula is C25H26N2O4S2. The standard InChI is InChI=1S/C25H26N2O4S2/c1-3-31-24-11-7-6-10-23(24)27(33(29,30)21-14-12-20(32-2)13-15-21)18-25(28)26-17-16-19-8-4-5-9-22(19)26/h4-15H,3,16-18H2,1-2H3. The minimum Gasteiger partial charge on any atom is -0.492 e. The number of para-hydroxylation sites is 3. The van der Waals surface area contributed by atoms with E-state index in [2.05, 4.69) is 0 Å². The Morgan fingerprint density at radius 1 is 1.03 bits per heavy atom. The number of thioether (sulfide) groups is 1. The fourth-order valence-corrected chi connectivity index (χ4v) is 5.75. The van der Waals surface area contributed by atoms with Crippen LogP contribution in [0.4, 0.5) is 11.4 Å². The van der Waals surface area contributed by atoms with Crippen LogP contribution < -0.4 is 13.9 Å². The number of benzene rings is 3. The Balaban J connectivity index is 1.74. The zero-order valence-corrected chi connectivity index (χ0v) is 20.2. The minimum atomic E-state index is -4.03. The highest BCUT2D eigenvalue weighted by Gasteiger charge is 2.33. The van der Waals surface area contributed by atoms with Crippen LogP contribution in [0.5, 0.6) is 5.75 Å². The van der Waals surface area contributed by atoms with Gasteiger partial charge in [0.2, 0.25) is 5.91 Å². The summed E-state index contributed by atoms with van der Waals surface area (Å²) in [5.41, 5.74) is 2.26. The second-order valence-electron chi connectivity index (χ2n) is 7.51. The molecule has 4 rings (SSSR count). The molecule has 1 amide bonds. The minimum absolute atomic E-state index is 0.126. The van der Waals surface area contributed by atoms with Crippen LogP contribution in [0.15, 0.2) is 82.6 Å². The highest BCUT2D eigenvalue weighted by atomic mass is 32.2. The summed E-state index contributed by atoms with van der Waals surface area (Å²) >= 11 is 1.53. The third kappa shape index (κ3) is 4.72. The molecule has 0 N–H and O–H groups in total. The number of nitrogens with zero attached hydrogens (tertiary/aromatic N) is 2. The molecule has 33 heavy (non-hydrogen) atoms. The Labute approximate surface area is 199 Å². The van der Waals surface area contributed by atoms with Crippen LogP contribution in [0.3, 0.4) is 0 Å². The average Bonchev–Trinajstić information content (AvgIpc) is 3.27. The van der Waals surface area contributed by atoms with Crippen molar-refractivity contribution >= 4 is 39.1 Å². The van der Waals surface area contributed by atoms with Crippen molar-refractivity contribution in [1.82, 2.24) is 0 Å². The Kier molecular flexibility index (Phi) is 6.95. The summed E-state index contributed by atoms with van der Waals surface area (Å²) < 4.78 is 34.4.